The molecule has 148 valence electrons. The van der Waals surface area contributed by atoms with Crippen LogP contribution in [0.1, 0.15) is 52.1 Å². The lowest BCUT2D eigenvalue weighted by Crippen LogP contribution is -2.27. The van der Waals surface area contributed by atoms with Gasteiger partial charge in [0.05, 0.1) is 23.3 Å². The van der Waals surface area contributed by atoms with Crippen molar-refractivity contribution in [2.75, 3.05) is 13.2 Å². The summed E-state index contributed by atoms with van der Waals surface area (Å²) >= 11 is 6.07. The van der Waals surface area contributed by atoms with Crippen molar-refractivity contribution >= 4 is 23.5 Å². The van der Waals surface area contributed by atoms with Gasteiger partial charge in [0.25, 0.3) is 5.91 Å². The largest absolute Gasteiger partial charge is 0.490 e. The Kier molecular flexibility index (Phi) is 6.54. The molecule has 0 aliphatic carbocycles. The number of carboxylic acid groups (broad SMARTS) is 1. The van der Waals surface area contributed by atoms with E-state index in [1.54, 1.807) is 30.3 Å². The number of ether oxygens (including phenoxy) is 2. The van der Waals surface area contributed by atoms with Crippen molar-refractivity contribution in [3.8, 4) is 5.75 Å². The number of carboxylic acids is 1. The monoisotopic (exact) mass is 403 g/mol. The van der Waals surface area contributed by atoms with Gasteiger partial charge in [-0.2, -0.15) is 0 Å². The Bertz CT molecular complexity index is 846. The number of carbonyl (C=O) groups is 2. The summed E-state index contributed by atoms with van der Waals surface area (Å²) in [5.74, 6) is -0.860. The van der Waals surface area contributed by atoms with Crippen LogP contribution in [0.25, 0.3) is 0 Å². The van der Waals surface area contributed by atoms with Crippen LogP contribution in [0.15, 0.2) is 42.5 Å². The Morgan fingerprint density at radius 2 is 2.04 bits per heavy atom. The SMILES string of the molecule is C[C@H](NC(=O)c1cc(Cl)ccc1OCC1CCCO1)c1ccc(C(=O)O)cc1. The number of halogens is 1. The van der Waals surface area contributed by atoms with Gasteiger partial charge < -0.3 is 19.9 Å². The van der Waals surface area contributed by atoms with Gasteiger partial charge in [-0.3, -0.25) is 4.79 Å². The molecule has 0 bridgehead atoms. The molecular weight excluding hydrogens is 382 g/mol. The van der Waals surface area contributed by atoms with Crippen molar-refractivity contribution in [2.45, 2.75) is 31.9 Å². The lowest BCUT2D eigenvalue weighted by Gasteiger charge is -2.18. The third-order valence-corrected chi connectivity index (χ3v) is 4.88. The molecule has 0 saturated carbocycles. The van der Waals surface area contributed by atoms with Gasteiger partial charge in [0.15, 0.2) is 0 Å². The summed E-state index contributed by atoms with van der Waals surface area (Å²) in [7, 11) is 0. The summed E-state index contributed by atoms with van der Waals surface area (Å²) in [6.45, 7) is 2.94. The fraction of sp³-hybridized carbons (Fsp3) is 0.333. The molecule has 2 atom stereocenters. The standard InChI is InChI=1S/C21H22ClNO5/c1-13(14-4-6-15(7-5-14)21(25)26)23-20(24)18-11-16(22)8-9-19(18)28-12-17-3-2-10-27-17/h4-9,11,13,17H,2-3,10,12H2,1H3,(H,23,24)(H,25,26)/t13-,17?/m0/s1. The third kappa shape index (κ3) is 5.03. The van der Waals surface area contributed by atoms with Gasteiger partial charge in [-0.05, 0) is 55.7 Å². The predicted molar refractivity (Wildman–Crippen MR) is 105 cm³/mol. The molecule has 1 aliphatic heterocycles. The topological polar surface area (TPSA) is 84.9 Å². The third-order valence-electron chi connectivity index (χ3n) is 4.64. The molecule has 0 aromatic heterocycles. The van der Waals surface area contributed by atoms with Crippen LogP contribution in [0.2, 0.25) is 5.02 Å². The van der Waals surface area contributed by atoms with Crippen LogP contribution >= 0.6 is 11.6 Å². The number of hydrogen-bond donors (Lipinski definition) is 2. The van der Waals surface area contributed by atoms with Crippen molar-refractivity contribution < 1.29 is 24.2 Å². The Hall–Kier alpha value is -2.57. The number of benzene rings is 2. The second-order valence-corrected chi connectivity index (χ2v) is 7.15. The molecule has 1 unspecified atom stereocenters. The lowest BCUT2D eigenvalue weighted by atomic mass is 10.1. The number of nitrogens with one attached hydrogen (secondary N) is 1. The van der Waals surface area contributed by atoms with Crippen LogP contribution in [0.4, 0.5) is 0 Å². The Morgan fingerprint density at radius 3 is 2.68 bits per heavy atom. The van der Waals surface area contributed by atoms with Crippen LogP contribution in [-0.4, -0.2) is 36.3 Å². The molecule has 1 amide bonds. The van der Waals surface area contributed by atoms with Crippen molar-refractivity contribution in [1.82, 2.24) is 5.32 Å². The molecule has 0 spiro atoms. The van der Waals surface area contributed by atoms with Crippen molar-refractivity contribution in [1.29, 1.82) is 0 Å². The van der Waals surface area contributed by atoms with Gasteiger partial charge >= 0.3 is 5.97 Å². The zero-order chi connectivity index (χ0) is 20.1. The number of carbonyl (C=O) groups excluding carboxylic acids is 1. The molecule has 2 aromatic carbocycles. The highest BCUT2D eigenvalue weighted by Gasteiger charge is 2.20. The van der Waals surface area contributed by atoms with E-state index in [4.69, 9.17) is 26.2 Å². The second-order valence-electron chi connectivity index (χ2n) is 6.71. The average Bonchev–Trinajstić information content (AvgIpc) is 3.20. The minimum Gasteiger partial charge on any atom is -0.490 e. The Morgan fingerprint density at radius 1 is 1.29 bits per heavy atom. The maximum atomic E-state index is 12.8. The van der Waals surface area contributed by atoms with E-state index in [0.717, 1.165) is 25.0 Å². The Labute approximate surface area is 168 Å². The van der Waals surface area contributed by atoms with E-state index in [-0.39, 0.29) is 23.6 Å². The van der Waals surface area contributed by atoms with Gasteiger partial charge in [0, 0.05) is 11.6 Å². The predicted octanol–water partition coefficient (Wildman–Crippen LogP) is 4.09. The molecule has 0 radical (unpaired) electrons. The van der Waals surface area contributed by atoms with Crippen molar-refractivity contribution in [3.63, 3.8) is 0 Å². The van der Waals surface area contributed by atoms with Crippen molar-refractivity contribution in [2.24, 2.45) is 0 Å². The van der Waals surface area contributed by atoms with E-state index in [2.05, 4.69) is 5.32 Å². The van der Waals surface area contributed by atoms with Gasteiger partial charge in [0.2, 0.25) is 0 Å². The van der Waals surface area contributed by atoms with E-state index in [0.29, 0.717) is 22.9 Å². The van der Waals surface area contributed by atoms with Gasteiger partial charge in [-0.15, -0.1) is 0 Å². The summed E-state index contributed by atoms with van der Waals surface area (Å²) in [5, 5.41) is 12.3. The Balaban J connectivity index is 1.69. The first kappa shape index (κ1) is 20.2. The summed E-state index contributed by atoms with van der Waals surface area (Å²) < 4.78 is 11.4. The maximum Gasteiger partial charge on any atom is 0.335 e. The second kappa shape index (κ2) is 9.08. The highest BCUT2D eigenvalue weighted by atomic mass is 35.5. The highest BCUT2D eigenvalue weighted by Crippen LogP contribution is 2.25. The van der Waals surface area contributed by atoms with E-state index in [9.17, 15) is 9.59 Å². The molecule has 7 heteroatoms. The maximum absolute atomic E-state index is 12.8. The summed E-state index contributed by atoms with van der Waals surface area (Å²) in [6, 6.07) is 11.0. The molecular formula is C21H22ClNO5. The average molecular weight is 404 g/mol. The van der Waals surface area contributed by atoms with Crippen LogP contribution in [0, 0.1) is 0 Å². The molecule has 3 rings (SSSR count). The minimum atomic E-state index is -0.991. The van der Waals surface area contributed by atoms with Crippen molar-refractivity contribution in [3.05, 3.63) is 64.2 Å². The fourth-order valence-corrected chi connectivity index (χ4v) is 3.21. The summed E-state index contributed by atoms with van der Waals surface area (Å²) in [5.41, 5.74) is 1.34. The van der Waals surface area contributed by atoms with Gasteiger partial charge in [0.1, 0.15) is 12.4 Å². The van der Waals surface area contributed by atoms with E-state index >= 15 is 0 Å². The number of rotatable bonds is 7. The molecule has 1 saturated heterocycles. The number of hydrogen-bond acceptors (Lipinski definition) is 4. The normalized spacial score (nSPS) is 17.1. The summed E-state index contributed by atoms with van der Waals surface area (Å²) in [4.78, 5) is 23.8. The molecule has 6 nitrogen and oxygen atoms in total. The van der Waals surface area contributed by atoms with E-state index in [1.165, 1.54) is 12.1 Å². The zero-order valence-electron chi connectivity index (χ0n) is 15.5. The van der Waals surface area contributed by atoms with Crippen LogP contribution in [0.5, 0.6) is 5.75 Å². The summed E-state index contributed by atoms with van der Waals surface area (Å²) in [6.07, 6.45) is 2.00. The number of amides is 1. The van der Waals surface area contributed by atoms with Gasteiger partial charge in [-0.25, -0.2) is 4.79 Å². The van der Waals surface area contributed by atoms with Crippen LogP contribution < -0.4 is 10.1 Å². The quantitative estimate of drug-likeness (QED) is 0.727. The highest BCUT2D eigenvalue weighted by molar-refractivity contribution is 6.31. The smallest absolute Gasteiger partial charge is 0.335 e. The fourth-order valence-electron chi connectivity index (χ4n) is 3.04. The molecule has 2 N–H and O–H groups in total. The molecule has 1 aliphatic rings. The first-order valence-electron chi connectivity index (χ1n) is 9.12. The van der Waals surface area contributed by atoms with E-state index < -0.39 is 5.97 Å². The van der Waals surface area contributed by atoms with Crippen LogP contribution in [0.3, 0.4) is 0 Å². The number of aromatic carboxylic acids is 1. The zero-order valence-corrected chi connectivity index (χ0v) is 16.2. The lowest BCUT2D eigenvalue weighted by molar-refractivity contribution is 0.0670. The first-order chi connectivity index (χ1) is 13.4. The van der Waals surface area contributed by atoms with Gasteiger partial charge in [-0.1, -0.05) is 23.7 Å². The molecule has 1 heterocycles. The van der Waals surface area contributed by atoms with E-state index in [1.807, 2.05) is 6.92 Å². The first-order valence-corrected chi connectivity index (χ1v) is 9.50. The van der Waals surface area contributed by atoms with Crippen LogP contribution in [-0.2, 0) is 4.74 Å². The molecule has 1 fully saturated rings. The minimum absolute atomic E-state index is 0.0401. The molecule has 28 heavy (non-hydrogen) atoms. The molecule has 2 aromatic rings.